The number of thiophene rings is 1. The van der Waals surface area contributed by atoms with Crippen molar-refractivity contribution in [1.82, 2.24) is 4.98 Å². The smallest absolute Gasteiger partial charge is 0.134 e. The molecule has 0 saturated carbocycles. The van der Waals surface area contributed by atoms with E-state index in [-0.39, 0.29) is 5.41 Å². The van der Waals surface area contributed by atoms with Gasteiger partial charge in [-0.15, -0.1) is 11.3 Å². The highest BCUT2D eigenvalue weighted by Gasteiger charge is 2.20. The topological polar surface area (TPSA) is 26.0 Å². The number of hydrogen-bond donors (Lipinski definition) is 0. The molecule has 2 nitrogen and oxygen atoms in total. The van der Waals surface area contributed by atoms with Crippen molar-refractivity contribution in [2.24, 2.45) is 5.92 Å². The third-order valence-corrected chi connectivity index (χ3v) is 7.80. The van der Waals surface area contributed by atoms with Crippen LogP contribution in [0.25, 0.3) is 54.3 Å². The molecule has 3 aromatic heterocycles. The minimum Gasteiger partial charge on any atom is -0.461 e. The molecule has 0 spiro atoms. The first-order valence-electron chi connectivity index (χ1n) is 12.7. The zero-order chi connectivity index (χ0) is 25.0. The molecule has 0 aliphatic heterocycles. The average Bonchev–Trinajstić information content (AvgIpc) is 3.47. The molecule has 6 rings (SSSR count). The van der Waals surface area contributed by atoms with E-state index in [9.17, 15) is 0 Å². The van der Waals surface area contributed by atoms with E-state index in [1.54, 1.807) is 11.3 Å². The zero-order valence-corrected chi connectivity index (χ0v) is 22.4. The molecule has 0 aliphatic rings. The number of aromatic nitrogens is 1. The van der Waals surface area contributed by atoms with Gasteiger partial charge in [-0.25, -0.2) is 4.98 Å². The van der Waals surface area contributed by atoms with Crippen LogP contribution >= 0.6 is 11.3 Å². The minimum atomic E-state index is 0.0327. The number of hydrogen-bond acceptors (Lipinski definition) is 3. The fourth-order valence-corrected chi connectivity index (χ4v) is 6.04. The first kappa shape index (κ1) is 23.0. The van der Waals surface area contributed by atoms with E-state index in [1.165, 1.54) is 32.2 Å². The van der Waals surface area contributed by atoms with Crippen LogP contribution in [0.1, 0.15) is 45.9 Å². The standard InChI is InChI=1S/C33H31NOS/c1-20(2)14-25-17-24-16-22(10-11-31(24)35-25)27-19-30(34-29-12-13-36-32(27)29)23-15-21-8-6-7-9-26(21)28(18-23)33(3,4)5/h6-13,15-20H,14H2,1-5H3. The SMILES string of the molecule is CC(C)Cc1cc2cc(-c3cc(-c4cc(C(C)(C)C)c5ccccc5c4)nc4ccsc34)ccc2o1. The van der Waals surface area contributed by atoms with Crippen molar-refractivity contribution in [2.45, 2.75) is 46.5 Å². The van der Waals surface area contributed by atoms with Crippen molar-refractivity contribution < 1.29 is 4.42 Å². The Bertz CT molecular complexity index is 1730. The van der Waals surface area contributed by atoms with Crippen LogP contribution in [-0.4, -0.2) is 4.98 Å². The van der Waals surface area contributed by atoms with E-state index >= 15 is 0 Å². The molecule has 0 unspecified atom stereocenters. The number of nitrogens with zero attached hydrogens (tertiary/aromatic N) is 1. The van der Waals surface area contributed by atoms with Crippen LogP contribution in [-0.2, 0) is 11.8 Å². The molecule has 3 heteroatoms. The molecule has 0 amide bonds. The van der Waals surface area contributed by atoms with Gasteiger partial charge in [-0.1, -0.05) is 65.0 Å². The molecule has 0 atom stereocenters. The van der Waals surface area contributed by atoms with Gasteiger partial charge in [0.05, 0.1) is 15.9 Å². The van der Waals surface area contributed by atoms with Crippen LogP contribution in [0.2, 0.25) is 0 Å². The Morgan fingerprint density at radius 3 is 2.47 bits per heavy atom. The summed E-state index contributed by atoms with van der Waals surface area (Å²) < 4.78 is 7.33. The molecule has 0 aliphatic carbocycles. The van der Waals surface area contributed by atoms with E-state index in [0.717, 1.165) is 39.9 Å². The fourth-order valence-electron chi connectivity index (χ4n) is 5.17. The van der Waals surface area contributed by atoms with Crippen molar-refractivity contribution in [3.05, 3.63) is 89.5 Å². The normalized spacial score (nSPS) is 12.4. The highest BCUT2D eigenvalue weighted by atomic mass is 32.1. The lowest BCUT2D eigenvalue weighted by Crippen LogP contribution is -2.12. The Balaban J connectivity index is 1.54. The fraction of sp³-hybridized carbons (Fsp3) is 0.242. The third kappa shape index (κ3) is 4.12. The Labute approximate surface area is 216 Å². The molecular weight excluding hydrogens is 458 g/mol. The van der Waals surface area contributed by atoms with Gasteiger partial charge in [0.2, 0.25) is 0 Å². The first-order valence-corrected chi connectivity index (χ1v) is 13.6. The molecule has 180 valence electrons. The van der Waals surface area contributed by atoms with Gasteiger partial charge in [0.1, 0.15) is 11.3 Å². The van der Waals surface area contributed by atoms with Crippen molar-refractivity contribution in [3.63, 3.8) is 0 Å². The minimum absolute atomic E-state index is 0.0327. The highest BCUT2D eigenvalue weighted by molar-refractivity contribution is 7.17. The molecule has 3 aromatic carbocycles. The summed E-state index contributed by atoms with van der Waals surface area (Å²) in [6.07, 6.45) is 0.955. The highest BCUT2D eigenvalue weighted by Crippen LogP contribution is 2.39. The van der Waals surface area contributed by atoms with Crippen LogP contribution in [0.4, 0.5) is 0 Å². The predicted octanol–water partition coefficient (Wildman–Crippen LogP) is 10.0. The summed E-state index contributed by atoms with van der Waals surface area (Å²) in [6, 6.07) is 26.5. The van der Waals surface area contributed by atoms with Gasteiger partial charge in [0.15, 0.2) is 0 Å². The van der Waals surface area contributed by atoms with Gasteiger partial charge in [-0.3, -0.25) is 0 Å². The predicted molar refractivity (Wildman–Crippen MR) is 155 cm³/mol. The summed E-state index contributed by atoms with van der Waals surface area (Å²) in [5, 5.41) is 5.87. The number of furan rings is 1. The molecule has 0 saturated heterocycles. The third-order valence-electron chi connectivity index (χ3n) is 6.86. The molecule has 0 N–H and O–H groups in total. The molecule has 0 radical (unpaired) electrons. The summed E-state index contributed by atoms with van der Waals surface area (Å²) in [7, 11) is 0. The number of fused-ring (bicyclic) bond motifs is 3. The van der Waals surface area contributed by atoms with E-state index in [4.69, 9.17) is 9.40 Å². The second kappa shape index (κ2) is 8.60. The Morgan fingerprint density at radius 2 is 1.67 bits per heavy atom. The van der Waals surface area contributed by atoms with Crippen molar-refractivity contribution >= 4 is 43.3 Å². The van der Waals surface area contributed by atoms with Gasteiger partial charge >= 0.3 is 0 Å². The molecule has 36 heavy (non-hydrogen) atoms. The summed E-state index contributed by atoms with van der Waals surface area (Å²) in [5.41, 5.74) is 7.99. The Morgan fingerprint density at radius 1 is 0.861 bits per heavy atom. The van der Waals surface area contributed by atoms with Crippen molar-refractivity contribution in [3.8, 4) is 22.4 Å². The van der Waals surface area contributed by atoms with Gasteiger partial charge in [0.25, 0.3) is 0 Å². The van der Waals surface area contributed by atoms with E-state index < -0.39 is 0 Å². The van der Waals surface area contributed by atoms with Crippen LogP contribution in [0, 0.1) is 5.92 Å². The van der Waals surface area contributed by atoms with Gasteiger partial charge in [-0.2, -0.15) is 0 Å². The maximum absolute atomic E-state index is 6.11. The van der Waals surface area contributed by atoms with Crippen LogP contribution < -0.4 is 0 Å². The number of rotatable bonds is 4. The number of pyridine rings is 1. The van der Waals surface area contributed by atoms with Crippen molar-refractivity contribution in [2.75, 3.05) is 0 Å². The lowest BCUT2D eigenvalue weighted by atomic mass is 9.82. The van der Waals surface area contributed by atoms with E-state index in [1.807, 2.05) is 0 Å². The monoisotopic (exact) mass is 489 g/mol. The van der Waals surface area contributed by atoms with Crippen LogP contribution in [0.5, 0.6) is 0 Å². The van der Waals surface area contributed by atoms with Crippen LogP contribution in [0.3, 0.4) is 0 Å². The summed E-state index contributed by atoms with van der Waals surface area (Å²) in [5.74, 6) is 1.62. The average molecular weight is 490 g/mol. The number of benzene rings is 3. The molecule has 3 heterocycles. The maximum atomic E-state index is 6.11. The lowest BCUT2D eigenvalue weighted by Gasteiger charge is -2.23. The maximum Gasteiger partial charge on any atom is 0.134 e. The molecule has 0 fully saturated rings. The van der Waals surface area contributed by atoms with Gasteiger partial charge < -0.3 is 4.42 Å². The van der Waals surface area contributed by atoms with Gasteiger partial charge in [-0.05, 0) is 81.1 Å². The molecule has 6 aromatic rings. The molecular formula is C33H31NOS. The quantitative estimate of drug-likeness (QED) is 0.246. The van der Waals surface area contributed by atoms with E-state index in [0.29, 0.717) is 5.92 Å². The summed E-state index contributed by atoms with van der Waals surface area (Å²) >= 11 is 1.76. The second-order valence-corrected chi connectivity index (χ2v) is 12.2. The summed E-state index contributed by atoms with van der Waals surface area (Å²) in [6.45, 7) is 11.3. The van der Waals surface area contributed by atoms with Crippen molar-refractivity contribution in [1.29, 1.82) is 0 Å². The Kier molecular flexibility index (Phi) is 5.49. The molecule has 0 bridgehead atoms. The first-order chi connectivity index (χ1) is 17.3. The summed E-state index contributed by atoms with van der Waals surface area (Å²) in [4.78, 5) is 5.11. The Hall–Kier alpha value is -3.43. The van der Waals surface area contributed by atoms with Crippen LogP contribution in [0.15, 0.2) is 82.6 Å². The van der Waals surface area contributed by atoms with E-state index in [2.05, 4.69) is 113 Å². The largest absolute Gasteiger partial charge is 0.461 e. The van der Waals surface area contributed by atoms with Gasteiger partial charge in [0, 0.05) is 22.9 Å². The lowest BCUT2D eigenvalue weighted by molar-refractivity contribution is 0.500. The zero-order valence-electron chi connectivity index (χ0n) is 21.6. The second-order valence-electron chi connectivity index (χ2n) is 11.2.